The molecule has 3 nitrogen and oxygen atoms in total. The van der Waals surface area contributed by atoms with Crippen LogP contribution in [-0.2, 0) is 6.54 Å². The molecule has 0 saturated heterocycles. The maximum Gasteiger partial charge on any atom is 0.128 e. The summed E-state index contributed by atoms with van der Waals surface area (Å²) in [6.45, 7) is 0.795. The third kappa shape index (κ3) is 2.36. The van der Waals surface area contributed by atoms with Crippen LogP contribution in [0.2, 0.25) is 0 Å². The molecule has 0 unspecified atom stereocenters. The molecule has 1 aromatic carbocycles. The summed E-state index contributed by atoms with van der Waals surface area (Å²) in [4.78, 5) is 4.19. The Labute approximate surface area is 120 Å². The molecular formula is C15H13BrN2O. The van der Waals surface area contributed by atoms with Crippen molar-refractivity contribution < 1.29 is 4.74 Å². The summed E-state index contributed by atoms with van der Waals surface area (Å²) >= 11 is 3.45. The van der Waals surface area contributed by atoms with E-state index in [2.05, 4.69) is 49.9 Å². The normalized spacial score (nSPS) is 10.8. The SMILES string of the molecule is COc1cccc2c1ccn2Cc1cncc(Br)c1. The molecule has 0 N–H and O–H groups in total. The summed E-state index contributed by atoms with van der Waals surface area (Å²) in [6, 6.07) is 10.3. The highest BCUT2D eigenvalue weighted by atomic mass is 79.9. The molecule has 0 atom stereocenters. The quantitative estimate of drug-likeness (QED) is 0.733. The standard InChI is InChI=1S/C15H13BrN2O/c1-19-15-4-2-3-14-13(15)5-6-18(14)10-11-7-12(16)9-17-8-11/h2-9H,10H2,1H3. The van der Waals surface area contributed by atoms with E-state index in [0.29, 0.717) is 0 Å². The number of rotatable bonds is 3. The zero-order valence-electron chi connectivity index (χ0n) is 10.5. The number of fused-ring (bicyclic) bond motifs is 1. The fourth-order valence-electron chi connectivity index (χ4n) is 2.25. The van der Waals surface area contributed by atoms with Gasteiger partial charge in [0.25, 0.3) is 0 Å². The monoisotopic (exact) mass is 316 g/mol. The highest BCUT2D eigenvalue weighted by Crippen LogP contribution is 2.26. The Morgan fingerprint density at radius 3 is 2.95 bits per heavy atom. The molecule has 4 heteroatoms. The number of nitrogens with zero attached hydrogens (tertiary/aromatic N) is 2. The summed E-state index contributed by atoms with van der Waals surface area (Å²) in [5, 5.41) is 1.13. The van der Waals surface area contributed by atoms with Gasteiger partial charge in [0.2, 0.25) is 0 Å². The molecular weight excluding hydrogens is 304 g/mol. The maximum atomic E-state index is 5.38. The molecule has 19 heavy (non-hydrogen) atoms. The van der Waals surface area contributed by atoms with Gasteiger partial charge in [-0.15, -0.1) is 0 Å². The molecule has 0 aliphatic rings. The number of aromatic nitrogens is 2. The van der Waals surface area contributed by atoms with Crippen molar-refractivity contribution in [2.24, 2.45) is 0 Å². The minimum Gasteiger partial charge on any atom is -0.496 e. The van der Waals surface area contributed by atoms with Gasteiger partial charge in [-0.3, -0.25) is 4.98 Å². The molecule has 0 fully saturated rings. The predicted molar refractivity (Wildman–Crippen MR) is 79.5 cm³/mol. The lowest BCUT2D eigenvalue weighted by atomic mass is 10.2. The van der Waals surface area contributed by atoms with Gasteiger partial charge in [0.05, 0.1) is 12.6 Å². The van der Waals surface area contributed by atoms with Crippen molar-refractivity contribution in [3.63, 3.8) is 0 Å². The predicted octanol–water partition coefficient (Wildman–Crippen LogP) is 3.86. The highest BCUT2D eigenvalue weighted by Gasteiger charge is 2.06. The molecule has 0 aliphatic heterocycles. The molecule has 0 radical (unpaired) electrons. The first-order valence-electron chi connectivity index (χ1n) is 5.99. The van der Waals surface area contributed by atoms with Crippen LogP contribution in [0.25, 0.3) is 10.9 Å². The summed E-state index contributed by atoms with van der Waals surface area (Å²) < 4.78 is 8.57. The van der Waals surface area contributed by atoms with E-state index in [-0.39, 0.29) is 0 Å². The minimum absolute atomic E-state index is 0.795. The fourth-order valence-corrected chi connectivity index (χ4v) is 2.66. The molecule has 0 aliphatic carbocycles. The Bertz CT molecular complexity index is 721. The Kier molecular flexibility index (Phi) is 3.25. The van der Waals surface area contributed by atoms with Gasteiger partial charge in [-0.25, -0.2) is 0 Å². The second-order valence-electron chi connectivity index (χ2n) is 4.35. The number of methoxy groups -OCH3 is 1. The molecule has 0 saturated carbocycles. The van der Waals surface area contributed by atoms with E-state index in [1.807, 2.05) is 18.3 Å². The number of hydrogen-bond acceptors (Lipinski definition) is 2. The van der Waals surface area contributed by atoms with Crippen LogP contribution in [0.5, 0.6) is 5.75 Å². The highest BCUT2D eigenvalue weighted by molar-refractivity contribution is 9.10. The van der Waals surface area contributed by atoms with Gasteiger partial charge in [-0.1, -0.05) is 6.07 Å². The number of ether oxygens (including phenoxy) is 1. The second kappa shape index (κ2) is 5.05. The largest absolute Gasteiger partial charge is 0.496 e. The van der Waals surface area contributed by atoms with Gasteiger partial charge in [0.1, 0.15) is 5.75 Å². The van der Waals surface area contributed by atoms with E-state index in [1.54, 1.807) is 13.3 Å². The van der Waals surface area contributed by atoms with Crippen LogP contribution < -0.4 is 4.74 Å². The van der Waals surface area contributed by atoms with Crippen LogP contribution in [0.1, 0.15) is 5.56 Å². The molecule has 96 valence electrons. The van der Waals surface area contributed by atoms with Crippen molar-refractivity contribution in [2.75, 3.05) is 7.11 Å². The Morgan fingerprint density at radius 2 is 2.16 bits per heavy atom. The Morgan fingerprint density at radius 1 is 1.26 bits per heavy atom. The average Bonchev–Trinajstić information content (AvgIpc) is 2.82. The van der Waals surface area contributed by atoms with Crippen LogP contribution in [0, 0.1) is 0 Å². The van der Waals surface area contributed by atoms with E-state index in [1.165, 1.54) is 5.52 Å². The van der Waals surface area contributed by atoms with Crippen LogP contribution in [0.3, 0.4) is 0 Å². The summed E-state index contributed by atoms with van der Waals surface area (Å²) in [5.41, 5.74) is 2.33. The summed E-state index contributed by atoms with van der Waals surface area (Å²) in [5.74, 6) is 0.906. The van der Waals surface area contributed by atoms with Crippen molar-refractivity contribution in [1.82, 2.24) is 9.55 Å². The number of benzene rings is 1. The average molecular weight is 317 g/mol. The van der Waals surface area contributed by atoms with Gasteiger partial charge >= 0.3 is 0 Å². The van der Waals surface area contributed by atoms with Crippen molar-refractivity contribution in [3.05, 3.63) is 59.0 Å². The Hall–Kier alpha value is -1.81. The summed E-state index contributed by atoms with van der Waals surface area (Å²) in [6.07, 6.45) is 5.76. The molecule has 3 aromatic rings. The smallest absolute Gasteiger partial charge is 0.128 e. The lowest BCUT2D eigenvalue weighted by molar-refractivity contribution is 0.420. The van der Waals surface area contributed by atoms with Crippen LogP contribution in [0.15, 0.2) is 53.4 Å². The lowest BCUT2D eigenvalue weighted by Crippen LogP contribution is -1.98. The first-order valence-corrected chi connectivity index (χ1v) is 6.78. The molecule has 2 heterocycles. The van der Waals surface area contributed by atoms with Gasteiger partial charge in [0.15, 0.2) is 0 Å². The second-order valence-corrected chi connectivity index (χ2v) is 5.26. The van der Waals surface area contributed by atoms with E-state index in [4.69, 9.17) is 4.74 Å². The van der Waals surface area contributed by atoms with Gasteiger partial charge < -0.3 is 9.30 Å². The Balaban J connectivity index is 2.02. The first kappa shape index (κ1) is 12.2. The van der Waals surface area contributed by atoms with E-state index < -0.39 is 0 Å². The zero-order valence-corrected chi connectivity index (χ0v) is 12.1. The molecule has 0 amide bonds. The lowest BCUT2D eigenvalue weighted by Gasteiger charge is -2.07. The maximum absolute atomic E-state index is 5.38. The molecule has 0 spiro atoms. The van der Waals surface area contributed by atoms with E-state index >= 15 is 0 Å². The third-order valence-electron chi connectivity index (χ3n) is 3.11. The summed E-state index contributed by atoms with van der Waals surface area (Å²) in [7, 11) is 1.70. The minimum atomic E-state index is 0.795. The number of hydrogen-bond donors (Lipinski definition) is 0. The first-order chi connectivity index (χ1) is 9.28. The van der Waals surface area contributed by atoms with Crippen LogP contribution >= 0.6 is 15.9 Å². The topological polar surface area (TPSA) is 27.1 Å². The van der Waals surface area contributed by atoms with Gasteiger partial charge in [-0.05, 0) is 45.8 Å². The van der Waals surface area contributed by atoms with E-state index in [9.17, 15) is 0 Å². The molecule has 3 rings (SSSR count). The molecule has 0 bridgehead atoms. The number of halogens is 1. The molecule has 2 aromatic heterocycles. The number of pyridine rings is 1. The van der Waals surface area contributed by atoms with Crippen molar-refractivity contribution in [2.45, 2.75) is 6.54 Å². The fraction of sp³-hybridized carbons (Fsp3) is 0.133. The van der Waals surface area contributed by atoms with Gasteiger partial charge in [0, 0.05) is 35.0 Å². The van der Waals surface area contributed by atoms with Crippen molar-refractivity contribution >= 4 is 26.8 Å². The van der Waals surface area contributed by atoms with Crippen LogP contribution in [0.4, 0.5) is 0 Å². The van der Waals surface area contributed by atoms with E-state index in [0.717, 1.165) is 27.7 Å². The van der Waals surface area contributed by atoms with Crippen molar-refractivity contribution in [3.8, 4) is 5.75 Å². The van der Waals surface area contributed by atoms with Gasteiger partial charge in [-0.2, -0.15) is 0 Å². The third-order valence-corrected chi connectivity index (χ3v) is 3.54. The van der Waals surface area contributed by atoms with Crippen molar-refractivity contribution in [1.29, 1.82) is 0 Å². The zero-order chi connectivity index (χ0) is 13.2. The van der Waals surface area contributed by atoms with Crippen LogP contribution in [-0.4, -0.2) is 16.7 Å².